The van der Waals surface area contributed by atoms with Crippen LogP contribution in [0.25, 0.3) is 0 Å². The number of carbonyl (C=O) groups is 1. The normalized spacial score (nSPS) is 17.3. The van der Waals surface area contributed by atoms with Crippen LogP contribution in [0.15, 0.2) is 24.3 Å². The Morgan fingerprint density at radius 1 is 1.38 bits per heavy atom. The molecule has 4 nitrogen and oxygen atoms in total. The molecule has 0 amide bonds. The summed E-state index contributed by atoms with van der Waals surface area (Å²) < 4.78 is 0. The molecule has 84 valence electrons. The minimum absolute atomic E-state index is 0.148. The number of hydrogen-bond donors (Lipinski definition) is 2. The van der Waals surface area contributed by atoms with Gasteiger partial charge < -0.3 is 10.2 Å². The van der Waals surface area contributed by atoms with Gasteiger partial charge in [0.1, 0.15) is 0 Å². The number of rotatable bonds is 0. The summed E-state index contributed by atoms with van der Waals surface area (Å²) in [5.74, 6) is 0.148. The smallest absolute Gasteiger partial charge is 0.450 e. The van der Waals surface area contributed by atoms with Crippen LogP contribution in [0.2, 0.25) is 0 Å². The van der Waals surface area contributed by atoms with Gasteiger partial charge in [-0.3, -0.25) is 0 Å². The lowest BCUT2D eigenvalue weighted by Gasteiger charge is -2.19. The topological polar surface area (TPSA) is 81.3 Å². The molecule has 0 aliphatic heterocycles. The number of fused-ring (bicyclic) bond motifs is 1. The maximum atomic E-state index is 8.89. The van der Waals surface area contributed by atoms with Crippen LogP contribution in [0.1, 0.15) is 29.9 Å². The predicted molar refractivity (Wildman–Crippen MR) is 58.4 cm³/mol. The van der Waals surface area contributed by atoms with Crippen molar-refractivity contribution in [3.8, 4) is 6.07 Å². The third kappa shape index (κ3) is 3.28. The Balaban J connectivity index is 0.000000280. The van der Waals surface area contributed by atoms with E-state index in [0.717, 1.165) is 19.3 Å². The summed E-state index contributed by atoms with van der Waals surface area (Å²) in [6.45, 7) is 0. The van der Waals surface area contributed by atoms with Gasteiger partial charge in [0.05, 0.1) is 12.0 Å². The van der Waals surface area contributed by atoms with Crippen LogP contribution in [0.4, 0.5) is 4.79 Å². The van der Waals surface area contributed by atoms with E-state index in [1.165, 1.54) is 11.1 Å². The van der Waals surface area contributed by atoms with E-state index in [-0.39, 0.29) is 5.92 Å². The second kappa shape index (κ2) is 5.76. The maximum Gasteiger partial charge on any atom is 0.503 e. The molecule has 0 fully saturated rings. The highest BCUT2D eigenvalue weighted by Gasteiger charge is 2.18. The zero-order chi connectivity index (χ0) is 12.0. The van der Waals surface area contributed by atoms with Gasteiger partial charge in [-0.05, 0) is 30.4 Å². The Hall–Kier alpha value is -2.02. The van der Waals surface area contributed by atoms with Gasteiger partial charge in [-0.15, -0.1) is 0 Å². The SMILES string of the molecule is N#CC1CCCc2ccccc21.O=C(O)O. The van der Waals surface area contributed by atoms with Crippen LogP contribution < -0.4 is 0 Å². The predicted octanol–water partition coefficient (Wildman–Crippen LogP) is 2.85. The van der Waals surface area contributed by atoms with E-state index in [0.29, 0.717) is 0 Å². The Bertz CT molecular complexity index is 405. The van der Waals surface area contributed by atoms with E-state index in [2.05, 4.69) is 24.3 Å². The molecule has 0 spiro atoms. The molecule has 1 unspecified atom stereocenters. The van der Waals surface area contributed by atoms with Crippen LogP contribution in [0, 0.1) is 11.3 Å². The van der Waals surface area contributed by atoms with Crippen LogP contribution >= 0.6 is 0 Å². The lowest BCUT2D eigenvalue weighted by molar-refractivity contribution is 0.137. The summed E-state index contributed by atoms with van der Waals surface area (Å²) >= 11 is 0. The number of nitriles is 1. The zero-order valence-electron chi connectivity index (χ0n) is 8.76. The summed E-state index contributed by atoms with van der Waals surface area (Å²) in [6, 6.07) is 10.7. The molecule has 1 aromatic carbocycles. The van der Waals surface area contributed by atoms with Crippen molar-refractivity contribution in [2.24, 2.45) is 0 Å². The fourth-order valence-corrected chi connectivity index (χ4v) is 1.89. The molecule has 2 rings (SSSR count). The van der Waals surface area contributed by atoms with E-state index in [1.807, 2.05) is 6.07 Å². The van der Waals surface area contributed by atoms with Crippen LogP contribution in [-0.2, 0) is 6.42 Å². The number of carboxylic acid groups (broad SMARTS) is 2. The molecule has 0 saturated carbocycles. The summed E-state index contributed by atoms with van der Waals surface area (Å²) in [4.78, 5) is 8.56. The second-order valence-corrected chi connectivity index (χ2v) is 3.56. The minimum Gasteiger partial charge on any atom is -0.450 e. The molecule has 2 N–H and O–H groups in total. The van der Waals surface area contributed by atoms with Crippen LogP contribution in [0.5, 0.6) is 0 Å². The largest absolute Gasteiger partial charge is 0.503 e. The highest BCUT2D eigenvalue weighted by Crippen LogP contribution is 2.30. The molecule has 0 heterocycles. The van der Waals surface area contributed by atoms with Crippen molar-refractivity contribution in [2.75, 3.05) is 0 Å². The Morgan fingerprint density at radius 2 is 2.00 bits per heavy atom. The van der Waals surface area contributed by atoms with Gasteiger partial charge in [0.2, 0.25) is 0 Å². The molecule has 0 aromatic heterocycles. The van der Waals surface area contributed by atoms with Crippen LogP contribution in [0.3, 0.4) is 0 Å². The van der Waals surface area contributed by atoms with Crippen molar-refractivity contribution < 1.29 is 15.0 Å². The van der Waals surface area contributed by atoms with Gasteiger partial charge in [-0.1, -0.05) is 24.3 Å². The van der Waals surface area contributed by atoms with Gasteiger partial charge in [0.25, 0.3) is 0 Å². The molecule has 1 atom stereocenters. The van der Waals surface area contributed by atoms with E-state index in [9.17, 15) is 0 Å². The summed E-state index contributed by atoms with van der Waals surface area (Å²) in [5, 5.41) is 22.8. The van der Waals surface area contributed by atoms with Gasteiger partial charge >= 0.3 is 6.16 Å². The molecule has 1 aromatic rings. The van der Waals surface area contributed by atoms with E-state index < -0.39 is 6.16 Å². The first kappa shape index (κ1) is 12.1. The molecular formula is C12H13NO3. The monoisotopic (exact) mass is 219 g/mol. The van der Waals surface area contributed by atoms with Gasteiger partial charge in [0, 0.05) is 0 Å². The summed E-state index contributed by atoms with van der Waals surface area (Å²) in [6.07, 6.45) is 1.51. The molecule has 4 heteroatoms. The lowest BCUT2D eigenvalue weighted by Crippen LogP contribution is -2.07. The standard InChI is InChI=1S/C11H11N.CH2O3/c12-8-10-6-3-5-9-4-1-2-7-11(9)10;2-1(3)4/h1-2,4,7,10H,3,5-6H2;(H2,2,3,4). The van der Waals surface area contributed by atoms with Gasteiger partial charge in [0.15, 0.2) is 0 Å². The number of hydrogen-bond acceptors (Lipinski definition) is 2. The fourth-order valence-electron chi connectivity index (χ4n) is 1.89. The molecule has 0 saturated heterocycles. The lowest BCUT2D eigenvalue weighted by atomic mass is 9.84. The summed E-state index contributed by atoms with van der Waals surface area (Å²) in [5.41, 5.74) is 2.63. The van der Waals surface area contributed by atoms with Crippen molar-refractivity contribution in [3.05, 3.63) is 35.4 Å². The first-order valence-electron chi connectivity index (χ1n) is 5.04. The third-order valence-electron chi connectivity index (χ3n) is 2.53. The minimum atomic E-state index is -1.83. The molecular weight excluding hydrogens is 206 g/mol. The maximum absolute atomic E-state index is 8.89. The first-order chi connectivity index (χ1) is 7.65. The van der Waals surface area contributed by atoms with Crippen LogP contribution in [-0.4, -0.2) is 16.4 Å². The third-order valence-corrected chi connectivity index (χ3v) is 2.53. The summed E-state index contributed by atoms with van der Waals surface area (Å²) in [7, 11) is 0. The second-order valence-electron chi connectivity index (χ2n) is 3.56. The van der Waals surface area contributed by atoms with E-state index in [1.54, 1.807) is 0 Å². The Morgan fingerprint density at radius 3 is 2.62 bits per heavy atom. The molecule has 0 bridgehead atoms. The highest BCUT2D eigenvalue weighted by molar-refractivity contribution is 5.53. The quantitative estimate of drug-likeness (QED) is 0.702. The fraction of sp³-hybridized carbons (Fsp3) is 0.333. The zero-order valence-corrected chi connectivity index (χ0v) is 8.76. The number of aryl methyl sites for hydroxylation is 1. The molecule has 16 heavy (non-hydrogen) atoms. The Labute approximate surface area is 93.8 Å². The average Bonchev–Trinajstić information content (AvgIpc) is 2.27. The van der Waals surface area contributed by atoms with Gasteiger partial charge in [-0.2, -0.15) is 5.26 Å². The van der Waals surface area contributed by atoms with Gasteiger partial charge in [-0.25, -0.2) is 4.79 Å². The number of benzene rings is 1. The van der Waals surface area contributed by atoms with Crippen molar-refractivity contribution in [1.82, 2.24) is 0 Å². The first-order valence-corrected chi connectivity index (χ1v) is 5.04. The van der Waals surface area contributed by atoms with E-state index in [4.69, 9.17) is 20.3 Å². The van der Waals surface area contributed by atoms with E-state index >= 15 is 0 Å². The van der Waals surface area contributed by atoms with Crippen molar-refractivity contribution in [1.29, 1.82) is 5.26 Å². The molecule has 1 aliphatic rings. The molecule has 1 aliphatic carbocycles. The Kier molecular flexibility index (Phi) is 4.34. The highest BCUT2D eigenvalue weighted by atomic mass is 16.6. The average molecular weight is 219 g/mol. The number of nitrogens with zero attached hydrogens (tertiary/aromatic N) is 1. The van der Waals surface area contributed by atoms with Crippen molar-refractivity contribution in [3.63, 3.8) is 0 Å². The van der Waals surface area contributed by atoms with Crippen molar-refractivity contribution in [2.45, 2.75) is 25.2 Å². The molecule has 0 radical (unpaired) electrons. The van der Waals surface area contributed by atoms with Crippen molar-refractivity contribution >= 4 is 6.16 Å².